The SMILES string of the molecule is C.C.CC1CCC1C.CCC(CSC1CCC1SCC(CC(=O)CCOCCC(C)=O)C(=O)NCCOCCOC(=O)[C@@H](CCC(=O)O)N=C(N)c1ccc(CCc2c[nH]c3nc(N)[nH]c(=O)c23)cc1)C(=O)O.CCC(CSC1CCC1SCC(CC(=O)CCOCCC(C)=O)C(=O)O)C(=O)NCCOCCOC(=O)[C@@H](CCC(=O)O)NC(=O)c1ccc(CCc2c[nH]c3nc(N)[nH]c(=O)c23)cc1. The van der Waals surface area contributed by atoms with E-state index in [2.05, 4.69) is 64.7 Å². The number of fused-ring (bicyclic) bond motifs is 2. The average molecular weight is 2010 g/mol. The van der Waals surface area contributed by atoms with Crippen LogP contribution in [0.1, 0.15) is 210 Å². The molecule has 42 heteroatoms. The van der Waals surface area contributed by atoms with E-state index in [0.717, 1.165) is 59.8 Å². The number of aromatic amines is 4. The van der Waals surface area contributed by atoms with Crippen LogP contribution in [-0.2, 0) is 112 Å². The summed E-state index contributed by atoms with van der Waals surface area (Å²) in [7, 11) is 0. The zero-order chi connectivity index (χ0) is 99.2. The lowest BCUT2D eigenvalue weighted by atomic mass is 9.77. The second-order valence-corrected chi connectivity index (χ2v) is 39.1. The minimum Gasteiger partial charge on any atom is -0.481 e. The van der Waals surface area contributed by atoms with Crippen LogP contribution in [0.15, 0.2) is 75.5 Å². The summed E-state index contributed by atoms with van der Waals surface area (Å²) >= 11 is 6.54. The van der Waals surface area contributed by atoms with Gasteiger partial charge in [-0.3, -0.25) is 77.3 Å². The number of hydrogen-bond acceptors (Lipinski definition) is 30. The third-order valence-corrected chi connectivity index (χ3v) is 30.3. The average Bonchev–Trinajstić information content (AvgIpc) is 1.66. The van der Waals surface area contributed by atoms with Gasteiger partial charge >= 0.3 is 35.8 Å². The lowest BCUT2D eigenvalue weighted by molar-refractivity contribution is -0.148. The number of nitrogens with two attached hydrogens (primary N) is 3. The third kappa shape index (κ3) is 42.3. The summed E-state index contributed by atoms with van der Waals surface area (Å²) in [4.78, 5) is 207. The largest absolute Gasteiger partial charge is 0.481 e. The number of carbonyl (C=O) groups excluding carboxylic acids is 9. The number of anilines is 2. The summed E-state index contributed by atoms with van der Waals surface area (Å²) < 4.78 is 32.5. The number of benzene rings is 2. The van der Waals surface area contributed by atoms with Crippen LogP contribution >= 0.6 is 47.0 Å². The number of carboxylic acids is 4. The molecular weight excluding hydrogens is 1860 g/mol. The topological polar surface area (TPSA) is 608 Å². The monoisotopic (exact) mass is 2000 g/mol. The number of aryl methyl sites for hydroxylation is 4. The van der Waals surface area contributed by atoms with Gasteiger partial charge in [0.25, 0.3) is 17.0 Å². The number of esters is 2. The summed E-state index contributed by atoms with van der Waals surface area (Å²) in [5, 5.41) is 47.8. The van der Waals surface area contributed by atoms with Gasteiger partial charge in [-0.1, -0.05) is 91.8 Å². The Hall–Kier alpha value is -10.5. The molecule has 3 aliphatic rings. The molecule has 12 atom stereocenters. The van der Waals surface area contributed by atoms with Crippen molar-refractivity contribution in [2.24, 2.45) is 46.2 Å². The number of thioether (sulfide) groups is 4. The van der Waals surface area contributed by atoms with Crippen LogP contribution in [0.2, 0.25) is 0 Å². The maximum Gasteiger partial charge on any atom is 0.331 e. The van der Waals surface area contributed by atoms with Crippen molar-refractivity contribution >= 4 is 164 Å². The number of nitrogens with zero attached hydrogens (tertiary/aromatic N) is 3. The maximum absolute atomic E-state index is 13.3. The van der Waals surface area contributed by atoms with E-state index in [4.69, 9.17) is 45.6 Å². The Morgan fingerprint density at radius 3 is 1.28 bits per heavy atom. The summed E-state index contributed by atoms with van der Waals surface area (Å²) in [6.07, 6.45) is 13.2. The Morgan fingerprint density at radius 1 is 0.478 bits per heavy atom. The van der Waals surface area contributed by atoms with E-state index in [-0.39, 0.29) is 254 Å². The van der Waals surface area contributed by atoms with E-state index < -0.39 is 71.6 Å². The van der Waals surface area contributed by atoms with Crippen LogP contribution in [0.4, 0.5) is 11.9 Å². The first-order valence-corrected chi connectivity index (χ1v) is 50.4. The minimum absolute atomic E-state index is 0. The zero-order valence-electron chi connectivity index (χ0n) is 78.1. The molecule has 3 fully saturated rings. The molecule has 17 N–H and O–H groups in total. The van der Waals surface area contributed by atoms with Crippen LogP contribution < -0.4 is 44.3 Å². The zero-order valence-corrected chi connectivity index (χ0v) is 81.4. The molecule has 4 heterocycles. The van der Waals surface area contributed by atoms with Crippen molar-refractivity contribution in [3.05, 3.63) is 115 Å². The number of amidine groups is 1. The van der Waals surface area contributed by atoms with Crippen LogP contribution in [0, 0.1) is 35.5 Å². The van der Waals surface area contributed by atoms with E-state index in [1.54, 1.807) is 95.8 Å². The van der Waals surface area contributed by atoms with Crippen molar-refractivity contribution in [3.8, 4) is 0 Å². The number of H-pyrrole nitrogens is 4. The van der Waals surface area contributed by atoms with Crippen molar-refractivity contribution in [1.82, 2.24) is 45.9 Å². The molecule has 4 aromatic heterocycles. The van der Waals surface area contributed by atoms with Crippen LogP contribution in [0.25, 0.3) is 22.1 Å². The first-order valence-electron chi connectivity index (χ1n) is 46.2. The van der Waals surface area contributed by atoms with Gasteiger partial charge in [-0.2, -0.15) is 57.0 Å². The van der Waals surface area contributed by atoms with Crippen LogP contribution in [0.3, 0.4) is 0 Å². The summed E-state index contributed by atoms with van der Waals surface area (Å²) in [5.74, 6) is -5.09. The normalized spacial score (nSPS) is 17.1. The predicted molar refractivity (Wildman–Crippen MR) is 534 cm³/mol. The quantitative estimate of drug-likeness (QED) is 0.00730. The van der Waals surface area contributed by atoms with Gasteiger partial charge in [-0.25, -0.2) is 9.59 Å². The Labute approximate surface area is 821 Å². The van der Waals surface area contributed by atoms with E-state index in [1.807, 2.05) is 26.0 Å². The lowest BCUT2D eigenvalue weighted by Gasteiger charge is -2.36. The van der Waals surface area contributed by atoms with Crippen molar-refractivity contribution < 1.29 is 111 Å². The molecule has 0 saturated heterocycles. The van der Waals surface area contributed by atoms with E-state index in [9.17, 15) is 92.3 Å². The molecule has 138 heavy (non-hydrogen) atoms. The molecule has 6 aromatic rings. The number of hydrogen-bond donors (Lipinski definition) is 14. The number of amides is 3. The number of aromatic nitrogens is 6. The molecule has 9 rings (SSSR count). The number of carbonyl (C=O) groups is 13. The fraction of sp³-hybridized carbons (Fsp3) is 0.604. The van der Waals surface area contributed by atoms with E-state index >= 15 is 0 Å². The molecule has 3 amide bonds. The van der Waals surface area contributed by atoms with Gasteiger partial charge in [-0.05, 0) is 137 Å². The Bertz CT molecular complexity index is 5060. The Morgan fingerprint density at radius 2 is 0.870 bits per heavy atom. The van der Waals surface area contributed by atoms with Gasteiger partial charge in [0.2, 0.25) is 23.7 Å². The fourth-order valence-electron chi connectivity index (χ4n) is 14.3. The molecule has 2 aromatic carbocycles. The van der Waals surface area contributed by atoms with Gasteiger partial charge in [0.05, 0.1) is 81.4 Å². The highest BCUT2D eigenvalue weighted by atomic mass is 32.2. The molecule has 0 radical (unpaired) electrons. The highest BCUT2D eigenvalue weighted by Gasteiger charge is 2.37. The molecule has 38 nitrogen and oxygen atoms in total. The summed E-state index contributed by atoms with van der Waals surface area (Å²) in [6.45, 7) is 12.4. The smallest absolute Gasteiger partial charge is 0.331 e. The highest BCUT2D eigenvalue weighted by Crippen LogP contribution is 2.44. The molecule has 3 saturated carbocycles. The van der Waals surface area contributed by atoms with E-state index in [0.29, 0.717) is 89.2 Å². The first kappa shape index (κ1) is 118. The van der Waals surface area contributed by atoms with Crippen LogP contribution in [0.5, 0.6) is 0 Å². The number of aliphatic imine (C=N–C) groups is 1. The molecule has 0 spiro atoms. The number of nitrogens with one attached hydrogen (secondary N) is 7. The number of rotatable bonds is 64. The number of Topliss-reactive ketones (excluding diaryl/α,β-unsaturated/α-hetero) is 4. The van der Waals surface area contributed by atoms with Gasteiger partial charge in [0.1, 0.15) is 65.6 Å². The third-order valence-electron chi connectivity index (χ3n) is 23.6. The van der Waals surface area contributed by atoms with Crippen molar-refractivity contribution in [2.45, 2.75) is 231 Å². The van der Waals surface area contributed by atoms with Gasteiger partial charge in [-0.15, -0.1) is 0 Å². The van der Waals surface area contributed by atoms with E-state index in [1.165, 1.54) is 26.7 Å². The number of aliphatic carboxylic acids is 4. The standard InChI is InChI=1S/C44H61N7O12S2.C44H60N6O13S2.C6H12.2CH4/c1-3-28(42(58)59)24-64-34-11-12-35(34)65-25-31(22-32(53)15-18-61-17-14-26(2)52)40(56)47-16-19-62-20-21-63-43(60)33(10-13-36(54)55)49-38(45)29-7-4-27(5-8-29)6-9-30-23-48-39-37(30)41(57)51-44(46)50-39;1-3-28(24-64-34-11-12-35(34)65-25-31(42(58)59)22-32(52)15-18-61-17-14-26(2)51)39(55)46-16-19-62-20-21-63-43(60)33(10-13-36(53)54)48-40(56)29-7-4-27(5-8-29)6-9-30-23-47-38-37(30)41(57)50-44(45)49-38;1-5-3-4-6(5)2;;/h4-5,7-8,23,28,31,33-35H,3,6,9-22,24-25H2,1-2H3,(H2,45,49)(H,47,56)(H,54,55)(H,58,59)(H4,46,48,50,51,57);4-5,7-8,23,28,31,33-35H,3,6,9-22,24-25H2,1-2H3,(H,46,55)(H,48,56)(H,53,54)(H,58,59)(H4,45,47,49,50,57);5-6H,3-4H2,1-2H3;2*1H4/t2*28?,31?,33-,34?,35?;;;/m11.../s1. The molecule has 3 aliphatic carbocycles. The first-order chi connectivity index (χ1) is 65.1. The van der Waals surface area contributed by atoms with Crippen molar-refractivity contribution in [2.75, 3.05) is 114 Å². The fourth-order valence-corrected chi connectivity index (χ4v) is 21.1. The lowest BCUT2D eigenvalue weighted by Crippen LogP contribution is -2.42. The van der Waals surface area contributed by atoms with Gasteiger partial charge < -0.3 is 92.0 Å². The maximum atomic E-state index is 13.3. The molecule has 764 valence electrons. The summed E-state index contributed by atoms with van der Waals surface area (Å²) in [6, 6.07) is 11.4. The second kappa shape index (κ2) is 63.2. The molecule has 10 unspecified atom stereocenters. The molecular formula is C96H141N13O25S4. The number of ether oxygens (including phenoxy) is 6. The van der Waals surface area contributed by atoms with Gasteiger partial charge in [0, 0.05) is 138 Å². The molecule has 0 bridgehead atoms. The second-order valence-electron chi connectivity index (χ2n) is 34.0. The Balaban J connectivity index is 0.000000452. The van der Waals surface area contributed by atoms with Gasteiger partial charge in [0.15, 0.2) is 0 Å². The minimum atomic E-state index is -1.22. The Kier molecular flexibility index (Phi) is 54.1. The van der Waals surface area contributed by atoms with Crippen molar-refractivity contribution in [1.29, 1.82) is 0 Å². The highest BCUT2D eigenvalue weighted by molar-refractivity contribution is 8.04. The summed E-state index contributed by atoms with van der Waals surface area (Å²) in [5.41, 5.74) is 21.8. The molecule has 0 aliphatic heterocycles. The van der Waals surface area contributed by atoms with Crippen molar-refractivity contribution in [3.63, 3.8) is 0 Å². The van der Waals surface area contributed by atoms with Crippen LogP contribution in [-0.4, -0.2) is 268 Å². The number of nitrogen functional groups attached to an aromatic ring is 2. The number of carboxylic acid groups (broad SMARTS) is 4. The number of ketones is 4. The predicted octanol–water partition coefficient (Wildman–Crippen LogP) is 9.95.